The summed E-state index contributed by atoms with van der Waals surface area (Å²) in [6.07, 6.45) is 0. The predicted octanol–water partition coefficient (Wildman–Crippen LogP) is 1.86. The highest BCUT2D eigenvalue weighted by Crippen LogP contribution is 2.29. The van der Waals surface area contributed by atoms with E-state index in [1.54, 1.807) is 6.07 Å². The van der Waals surface area contributed by atoms with E-state index in [4.69, 9.17) is 17.3 Å². The van der Waals surface area contributed by atoms with Crippen LogP contribution in [-0.4, -0.2) is 30.4 Å². The average Bonchev–Trinajstić information content (AvgIpc) is 2.30. The molecule has 0 aromatic heterocycles. The Labute approximate surface area is 100 Å². The molecule has 0 saturated carbocycles. The lowest BCUT2D eigenvalue weighted by Crippen LogP contribution is -2.41. The fraction of sp³-hybridized carbons (Fsp3) is 0.417. The maximum Gasteiger partial charge on any atom is 0.254 e. The average molecular weight is 239 g/mol. The Balaban J connectivity index is 2.49. The van der Waals surface area contributed by atoms with E-state index in [0.717, 1.165) is 5.56 Å². The second-order valence-corrected chi connectivity index (χ2v) is 4.44. The quantitative estimate of drug-likeness (QED) is 0.855. The lowest BCUT2D eigenvalue weighted by Gasteiger charge is -2.33. The maximum absolute atomic E-state index is 12.1. The lowest BCUT2D eigenvalue weighted by molar-refractivity contribution is 0.0732. The van der Waals surface area contributed by atoms with Crippen LogP contribution in [0.5, 0.6) is 0 Å². The highest BCUT2D eigenvalue weighted by molar-refractivity contribution is 6.31. The highest BCUT2D eigenvalue weighted by atomic mass is 35.5. The Morgan fingerprint density at radius 3 is 2.94 bits per heavy atom. The predicted molar refractivity (Wildman–Crippen MR) is 64.8 cm³/mol. The molecule has 0 saturated heterocycles. The first kappa shape index (κ1) is 11.4. The minimum atomic E-state index is 0.0599. The number of nitrogens with zero attached hydrogens (tertiary/aromatic N) is 1. The molecule has 0 radical (unpaired) electrons. The van der Waals surface area contributed by atoms with Gasteiger partial charge < -0.3 is 10.6 Å². The number of halogens is 1. The molecule has 1 unspecified atom stereocenters. The summed E-state index contributed by atoms with van der Waals surface area (Å²) in [6.45, 7) is 3.95. The molecule has 1 atom stereocenters. The highest BCUT2D eigenvalue weighted by Gasteiger charge is 2.29. The van der Waals surface area contributed by atoms with Crippen molar-refractivity contribution in [2.75, 3.05) is 19.6 Å². The zero-order valence-corrected chi connectivity index (χ0v) is 10.00. The van der Waals surface area contributed by atoms with Crippen molar-refractivity contribution < 1.29 is 4.79 Å². The van der Waals surface area contributed by atoms with Gasteiger partial charge in [-0.05, 0) is 24.6 Å². The molecule has 86 valence electrons. The van der Waals surface area contributed by atoms with Crippen LogP contribution in [-0.2, 0) is 0 Å². The van der Waals surface area contributed by atoms with E-state index in [-0.39, 0.29) is 11.8 Å². The molecule has 0 bridgehead atoms. The number of carbonyl (C=O) groups is 1. The van der Waals surface area contributed by atoms with Crippen molar-refractivity contribution in [1.82, 2.24) is 4.90 Å². The number of benzene rings is 1. The molecular formula is C12H15ClN2O. The Hall–Kier alpha value is -1.06. The summed E-state index contributed by atoms with van der Waals surface area (Å²) >= 11 is 5.92. The monoisotopic (exact) mass is 238 g/mol. The van der Waals surface area contributed by atoms with Crippen LogP contribution in [0.4, 0.5) is 0 Å². The van der Waals surface area contributed by atoms with Crippen LogP contribution < -0.4 is 5.73 Å². The summed E-state index contributed by atoms with van der Waals surface area (Å²) in [6, 6.07) is 5.47. The standard InChI is InChI=1S/C12H15ClN2O/c1-2-15-7-8(6-14)10-4-3-9(13)5-11(10)12(15)16/h3-5,8H,2,6-7,14H2,1H3. The summed E-state index contributed by atoms with van der Waals surface area (Å²) < 4.78 is 0. The smallest absolute Gasteiger partial charge is 0.254 e. The van der Waals surface area contributed by atoms with Gasteiger partial charge in [0.05, 0.1) is 0 Å². The number of hydrogen-bond donors (Lipinski definition) is 1. The molecule has 0 fully saturated rings. The lowest BCUT2D eigenvalue weighted by atomic mass is 9.89. The van der Waals surface area contributed by atoms with E-state index in [2.05, 4.69) is 0 Å². The molecule has 1 amide bonds. The summed E-state index contributed by atoms with van der Waals surface area (Å²) in [4.78, 5) is 13.9. The molecule has 0 spiro atoms. The molecule has 16 heavy (non-hydrogen) atoms. The van der Waals surface area contributed by atoms with Crippen molar-refractivity contribution in [2.45, 2.75) is 12.8 Å². The molecule has 1 heterocycles. The third-order valence-corrected chi connectivity index (χ3v) is 3.31. The first-order chi connectivity index (χ1) is 7.67. The second kappa shape index (κ2) is 4.44. The van der Waals surface area contributed by atoms with Crippen molar-refractivity contribution in [3.05, 3.63) is 34.3 Å². The van der Waals surface area contributed by atoms with Gasteiger partial charge in [-0.25, -0.2) is 0 Å². The van der Waals surface area contributed by atoms with E-state index < -0.39 is 0 Å². The minimum Gasteiger partial charge on any atom is -0.338 e. The van der Waals surface area contributed by atoms with Crippen LogP contribution >= 0.6 is 11.6 Å². The molecule has 0 aliphatic carbocycles. The van der Waals surface area contributed by atoms with Crippen molar-refractivity contribution in [2.24, 2.45) is 5.73 Å². The van der Waals surface area contributed by atoms with Gasteiger partial charge in [0.2, 0.25) is 0 Å². The number of amides is 1. The van der Waals surface area contributed by atoms with Crippen molar-refractivity contribution in [1.29, 1.82) is 0 Å². The number of hydrogen-bond acceptors (Lipinski definition) is 2. The summed E-state index contributed by atoms with van der Waals surface area (Å²) in [5, 5.41) is 0.598. The van der Waals surface area contributed by atoms with Crippen molar-refractivity contribution >= 4 is 17.5 Å². The summed E-state index contributed by atoms with van der Waals surface area (Å²) in [7, 11) is 0. The van der Waals surface area contributed by atoms with Gasteiger partial charge in [0.25, 0.3) is 5.91 Å². The topological polar surface area (TPSA) is 46.3 Å². The number of likely N-dealkylation sites (N-methyl/N-ethyl adjacent to an activating group) is 1. The SMILES string of the molecule is CCN1CC(CN)c2ccc(Cl)cc2C1=O. The Bertz CT molecular complexity index is 419. The minimum absolute atomic E-state index is 0.0599. The first-order valence-electron chi connectivity index (χ1n) is 5.46. The van der Waals surface area contributed by atoms with Gasteiger partial charge in [-0.3, -0.25) is 4.79 Å². The largest absolute Gasteiger partial charge is 0.338 e. The number of nitrogens with two attached hydrogens (primary N) is 1. The van der Waals surface area contributed by atoms with Gasteiger partial charge in [0.15, 0.2) is 0 Å². The van der Waals surface area contributed by atoms with Gasteiger partial charge in [-0.1, -0.05) is 17.7 Å². The van der Waals surface area contributed by atoms with Gasteiger partial charge in [-0.2, -0.15) is 0 Å². The Morgan fingerprint density at radius 1 is 1.56 bits per heavy atom. The van der Waals surface area contributed by atoms with E-state index in [0.29, 0.717) is 30.2 Å². The molecule has 2 rings (SSSR count). The van der Waals surface area contributed by atoms with Crippen molar-refractivity contribution in [3.8, 4) is 0 Å². The molecular weight excluding hydrogens is 224 g/mol. The molecule has 1 aromatic rings. The normalized spacial score (nSPS) is 19.8. The zero-order valence-electron chi connectivity index (χ0n) is 9.24. The summed E-state index contributed by atoms with van der Waals surface area (Å²) in [5.74, 6) is 0.287. The Kier molecular flexibility index (Phi) is 3.17. The van der Waals surface area contributed by atoms with Gasteiger partial charge in [0.1, 0.15) is 0 Å². The third kappa shape index (κ3) is 1.81. The van der Waals surface area contributed by atoms with E-state index >= 15 is 0 Å². The zero-order chi connectivity index (χ0) is 11.7. The fourth-order valence-electron chi connectivity index (χ4n) is 2.16. The number of rotatable bonds is 2. The maximum atomic E-state index is 12.1. The second-order valence-electron chi connectivity index (χ2n) is 4.01. The van der Waals surface area contributed by atoms with Crippen LogP contribution in [0.25, 0.3) is 0 Å². The van der Waals surface area contributed by atoms with E-state index in [1.165, 1.54) is 0 Å². The van der Waals surface area contributed by atoms with Crippen LogP contribution in [0.3, 0.4) is 0 Å². The first-order valence-corrected chi connectivity index (χ1v) is 5.84. The number of fused-ring (bicyclic) bond motifs is 1. The van der Waals surface area contributed by atoms with Crippen LogP contribution in [0.2, 0.25) is 5.02 Å². The fourth-order valence-corrected chi connectivity index (χ4v) is 2.33. The van der Waals surface area contributed by atoms with Crippen LogP contribution in [0.15, 0.2) is 18.2 Å². The molecule has 1 aliphatic rings. The van der Waals surface area contributed by atoms with E-state index in [9.17, 15) is 4.79 Å². The van der Waals surface area contributed by atoms with E-state index in [1.807, 2.05) is 24.0 Å². The molecule has 1 aromatic carbocycles. The van der Waals surface area contributed by atoms with Gasteiger partial charge in [-0.15, -0.1) is 0 Å². The van der Waals surface area contributed by atoms with Gasteiger partial charge in [0, 0.05) is 36.1 Å². The third-order valence-electron chi connectivity index (χ3n) is 3.08. The summed E-state index contributed by atoms with van der Waals surface area (Å²) in [5.41, 5.74) is 7.48. The number of carbonyl (C=O) groups excluding carboxylic acids is 1. The van der Waals surface area contributed by atoms with Crippen molar-refractivity contribution in [3.63, 3.8) is 0 Å². The van der Waals surface area contributed by atoms with Crippen LogP contribution in [0.1, 0.15) is 28.8 Å². The molecule has 2 N–H and O–H groups in total. The molecule has 3 nitrogen and oxygen atoms in total. The molecule has 1 aliphatic heterocycles. The molecule has 4 heteroatoms. The Morgan fingerprint density at radius 2 is 2.31 bits per heavy atom. The van der Waals surface area contributed by atoms with Crippen LogP contribution in [0, 0.1) is 0 Å². The van der Waals surface area contributed by atoms with Gasteiger partial charge >= 0.3 is 0 Å².